The Morgan fingerprint density at radius 1 is 0.906 bits per heavy atom. The zero-order valence-electron chi connectivity index (χ0n) is 17.0. The largest absolute Gasteiger partial charge is 0.366 e. The number of halogens is 3. The number of piperazine rings is 1. The molecule has 8 heteroatoms. The second-order valence-corrected chi connectivity index (χ2v) is 8.95. The molecule has 0 spiro atoms. The third kappa shape index (κ3) is 4.88. The molecule has 0 radical (unpaired) electrons. The number of carbonyl (C=O) groups is 2. The van der Waals surface area contributed by atoms with Crippen LogP contribution in [-0.2, 0) is 0 Å². The molecule has 164 valence electrons. The Hall–Kier alpha value is -2.65. The van der Waals surface area contributed by atoms with Crippen LogP contribution in [0.15, 0.2) is 66.7 Å². The van der Waals surface area contributed by atoms with Crippen molar-refractivity contribution in [1.82, 2.24) is 4.90 Å². The van der Waals surface area contributed by atoms with Crippen molar-refractivity contribution < 1.29 is 14.0 Å². The van der Waals surface area contributed by atoms with Gasteiger partial charge in [0.25, 0.3) is 11.8 Å². The zero-order valence-corrected chi connectivity index (χ0v) is 19.9. The van der Waals surface area contributed by atoms with Gasteiger partial charge in [0.1, 0.15) is 5.82 Å². The smallest absolute Gasteiger partial charge is 0.256 e. The molecule has 3 aromatic rings. The van der Waals surface area contributed by atoms with E-state index in [0.717, 1.165) is 9.26 Å². The molecule has 1 aliphatic rings. The molecule has 3 aromatic carbocycles. The summed E-state index contributed by atoms with van der Waals surface area (Å²) >= 11 is 8.33. The first-order chi connectivity index (χ1) is 15.4. The van der Waals surface area contributed by atoms with Crippen molar-refractivity contribution in [2.75, 3.05) is 36.4 Å². The highest BCUT2D eigenvalue weighted by Crippen LogP contribution is 2.31. The van der Waals surface area contributed by atoms with Gasteiger partial charge in [0.05, 0.1) is 22.5 Å². The molecule has 1 saturated heterocycles. The molecule has 2 amide bonds. The number of amides is 2. The van der Waals surface area contributed by atoms with Gasteiger partial charge in [0.15, 0.2) is 0 Å². The second-order valence-electron chi connectivity index (χ2n) is 7.35. The number of nitrogens with zero attached hydrogens (tertiary/aromatic N) is 2. The molecule has 0 saturated carbocycles. The van der Waals surface area contributed by atoms with Gasteiger partial charge in [-0.3, -0.25) is 9.59 Å². The minimum absolute atomic E-state index is 0.0814. The Balaban J connectivity index is 1.49. The minimum atomic E-state index is -0.516. The SMILES string of the molecule is O=C(Nc1cc(Cl)ccc1N1CCN(C(=O)c2ccccc2F)CC1)c1ccccc1I. The van der Waals surface area contributed by atoms with Gasteiger partial charge in [0.2, 0.25) is 0 Å². The number of anilines is 2. The van der Waals surface area contributed by atoms with Crippen LogP contribution in [-0.4, -0.2) is 42.9 Å². The summed E-state index contributed by atoms with van der Waals surface area (Å²) in [6.45, 7) is 1.99. The monoisotopic (exact) mass is 563 g/mol. The molecule has 0 unspecified atom stereocenters. The molecule has 4 rings (SSSR count). The van der Waals surface area contributed by atoms with E-state index in [0.29, 0.717) is 42.5 Å². The van der Waals surface area contributed by atoms with Crippen molar-refractivity contribution in [2.45, 2.75) is 0 Å². The van der Waals surface area contributed by atoms with Gasteiger partial charge in [0, 0.05) is 34.8 Å². The lowest BCUT2D eigenvalue weighted by atomic mass is 10.1. The van der Waals surface area contributed by atoms with Gasteiger partial charge in [-0.25, -0.2) is 4.39 Å². The number of rotatable bonds is 4. The van der Waals surface area contributed by atoms with Crippen LogP contribution in [0.2, 0.25) is 5.02 Å². The molecule has 5 nitrogen and oxygen atoms in total. The summed E-state index contributed by atoms with van der Waals surface area (Å²) in [7, 11) is 0. The Bertz CT molecular complexity index is 1170. The molecule has 0 atom stereocenters. The number of nitrogens with one attached hydrogen (secondary N) is 1. The lowest BCUT2D eigenvalue weighted by Gasteiger charge is -2.37. The van der Waals surface area contributed by atoms with Gasteiger partial charge in [-0.15, -0.1) is 0 Å². The number of hydrogen-bond donors (Lipinski definition) is 1. The van der Waals surface area contributed by atoms with E-state index in [1.165, 1.54) is 12.1 Å². The van der Waals surface area contributed by atoms with Crippen molar-refractivity contribution in [3.8, 4) is 0 Å². The molecular weight excluding hydrogens is 544 g/mol. The topological polar surface area (TPSA) is 52.7 Å². The summed E-state index contributed by atoms with van der Waals surface area (Å²) in [4.78, 5) is 29.3. The van der Waals surface area contributed by atoms with Crippen molar-refractivity contribution in [3.05, 3.63) is 92.3 Å². The predicted molar refractivity (Wildman–Crippen MR) is 133 cm³/mol. The first kappa shape index (κ1) is 22.5. The molecule has 1 heterocycles. The average Bonchev–Trinajstić information content (AvgIpc) is 2.79. The van der Waals surface area contributed by atoms with Crippen LogP contribution in [0, 0.1) is 9.39 Å². The van der Waals surface area contributed by atoms with Crippen LogP contribution >= 0.6 is 34.2 Å². The van der Waals surface area contributed by atoms with Crippen LogP contribution in [0.5, 0.6) is 0 Å². The van der Waals surface area contributed by atoms with E-state index in [4.69, 9.17) is 11.6 Å². The molecule has 0 aromatic heterocycles. The van der Waals surface area contributed by atoms with Crippen LogP contribution in [0.4, 0.5) is 15.8 Å². The Morgan fingerprint density at radius 2 is 1.56 bits per heavy atom. The van der Waals surface area contributed by atoms with Crippen LogP contribution in [0.25, 0.3) is 0 Å². The molecule has 32 heavy (non-hydrogen) atoms. The van der Waals surface area contributed by atoms with Crippen LogP contribution < -0.4 is 10.2 Å². The summed E-state index contributed by atoms with van der Waals surface area (Å²) in [6, 6.07) is 18.7. The molecule has 0 aliphatic carbocycles. The van der Waals surface area contributed by atoms with Gasteiger partial charge >= 0.3 is 0 Å². The van der Waals surface area contributed by atoms with Gasteiger partial charge in [-0.2, -0.15) is 0 Å². The normalized spacial score (nSPS) is 13.7. The van der Waals surface area contributed by atoms with E-state index in [9.17, 15) is 14.0 Å². The highest BCUT2D eigenvalue weighted by molar-refractivity contribution is 14.1. The lowest BCUT2D eigenvalue weighted by Crippen LogP contribution is -2.49. The molecule has 1 aliphatic heterocycles. The highest BCUT2D eigenvalue weighted by Gasteiger charge is 2.25. The van der Waals surface area contributed by atoms with Crippen molar-refractivity contribution in [3.63, 3.8) is 0 Å². The first-order valence-electron chi connectivity index (χ1n) is 10.1. The standard InChI is InChI=1S/C24H20ClFIN3O2/c25-16-9-10-22(21(15-16)28-23(31)18-6-2-4-8-20(18)27)29-11-13-30(14-12-29)24(32)17-5-1-3-7-19(17)26/h1-10,15H,11-14H2,(H,28,31). The maximum atomic E-state index is 14.0. The van der Waals surface area contributed by atoms with Crippen molar-refractivity contribution in [1.29, 1.82) is 0 Å². The van der Waals surface area contributed by atoms with Gasteiger partial charge in [-0.1, -0.05) is 35.9 Å². The van der Waals surface area contributed by atoms with E-state index in [1.807, 2.05) is 24.3 Å². The van der Waals surface area contributed by atoms with Crippen LogP contribution in [0.3, 0.4) is 0 Å². The Labute approximate surface area is 204 Å². The lowest BCUT2D eigenvalue weighted by molar-refractivity contribution is 0.0742. The summed E-state index contributed by atoms with van der Waals surface area (Å²) in [5.41, 5.74) is 2.10. The molecule has 1 fully saturated rings. The van der Waals surface area contributed by atoms with E-state index in [2.05, 4.69) is 32.8 Å². The van der Waals surface area contributed by atoms with Gasteiger partial charge in [-0.05, 0) is 65.1 Å². The Morgan fingerprint density at radius 3 is 2.25 bits per heavy atom. The fourth-order valence-electron chi connectivity index (χ4n) is 3.67. The fraction of sp³-hybridized carbons (Fsp3) is 0.167. The first-order valence-corrected chi connectivity index (χ1v) is 11.5. The third-order valence-corrected chi connectivity index (χ3v) is 6.51. The number of hydrogen-bond acceptors (Lipinski definition) is 3. The van der Waals surface area contributed by atoms with Gasteiger partial charge < -0.3 is 15.1 Å². The summed E-state index contributed by atoms with van der Waals surface area (Å²) in [5, 5.41) is 3.49. The zero-order chi connectivity index (χ0) is 22.7. The molecule has 0 bridgehead atoms. The quantitative estimate of drug-likeness (QED) is 0.439. The number of benzene rings is 3. The predicted octanol–water partition coefficient (Wildman–Crippen LogP) is 5.30. The summed E-state index contributed by atoms with van der Waals surface area (Å²) in [5.74, 6) is -1.05. The van der Waals surface area contributed by atoms with E-state index < -0.39 is 5.82 Å². The van der Waals surface area contributed by atoms with E-state index >= 15 is 0 Å². The maximum absolute atomic E-state index is 14.0. The Kier molecular flexibility index (Phi) is 6.95. The average molecular weight is 564 g/mol. The highest BCUT2D eigenvalue weighted by atomic mass is 127. The summed E-state index contributed by atoms with van der Waals surface area (Å²) < 4.78 is 14.9. The summed E-state index contributed by atoms with van der Waals surface area (Å²) in [6.07, 6.45) is 0. The van der Waals surface area contributed by atoms with E-state index in [1.54, 1.807) is 35.2 Å². The van der Waals surface area contributed by atoms with Crippen LogP contribution in [0.1, 0.15) is 20.7 Å². The van der Waals surface area contributed by atoms with Crippen molar-refractivity contribution >= 4 is 57.4 Å². The third-order valence-electron chi connectivity index (χ3n) is 5.34. The second kappa shape index (κ2) is 9.87. The molecule has 1 N–H and O–H groups in total. The van der Waals surface area contributed by atoms with Crippen molar-refractivity contribution in [2.24, 2.45) is 0 Å². The maximum Gasteiger partial charge on any atom is 0.256 e. The minimum Gasteiger partial charge on any atom is -0.366 e. The van der Waals surface area contributed by atoms with E-state index in [-0.39, 0.29) is 17.4 Å². The fourth-order valence-corrected chi connectivity index (χ4v) is 4.48. The number of carbonyl (C=O) groups excluding carboxylic acids is 2. The molecular formula is C24H20ClFIN3O2.